The maximum Gasteiger partial charge on any atom is 0.410 e. The Kier molecular flexibility index (Phi) is 6.01. The minimum atomic E-state index is -0.473. The second-order valence-electron chi connectivity index (χ2n) is 9.32. The van der Waals surface area contributed by atoms with E-state index in [4.69, 9.17) is 9.47 Å². The van der Waals surface area contributed by atoms with Crippen LogP contribution in [-0.4, -0.2) is 70.8 Å². The van der Waals surface area contributed by atoms with E-state index in [1.807, 2.05) is 33.0 Å². The number of aromatic nitrogens is 1. The monoisotopic (exact) mass is 415 g/mol. The molecule has 8 nitrogen and oxygen atoms in total. The third-order valence-corrected chi connectivity index (χ3v) is 5.70. The van der Waals surface area contributed by atoms with Crippen LogP contribution in [0.5, 0.6) is 5.88 Å². The molecule has 164 valence electrons. The molecule has 1 N–H and O–H groups in total. The molecule has 8 heteroatoms. The van der Waals surface area contributed by atoms with Crippen molar-refractivity contribution in [1.82, 2.24) is 20.1 Å². The van der Waals surface area contributed by atoms with E-state index in [9.17, 15) is 4.79 Å². The molecule has 1 saturated heterocycles. The minimum absolute atomic E-state index is 0.203. The Morgan fingerprint density at radius 2 is 2.03 bits per heavy atom. The van der Waals surface area contributed by atoms with Gasteiger partial charge in [-0.3, -0.25) is 4.99 Å². The van der Waals surface area contributed by atoms with Crippen LogP contribution >= 0.6 is 0 Å². The number of carbonyl (C=O) groups is 1. The van der Waals surface area contributed by atoms with Gasteiger partial charge in [-0.2, -0.15) is 0 Å². The normalized spacial score (nSPS) is 22.0. The standard InChI is InChI=1S/C22H33N5O3/c1-22(2,3)30-21(28)26-10-11-27-17(15-26)14-25-20(27)24-13-16-8-9-19(23-12-16)29-18-6-4-5-7-18/h8-9,12,17-18H,4-7,10-11,13-15H2,1-3H3,(H,24,25). The van der Waals surface area contributed by atoms with Crippen molar-refractivity contribution in [2.24, 2.45) is 4.99 Å². The van der Waals surface area contributed by atoms with Gasteiger partial charge < -0.3 is 24.6 Å². The van der Waals surface area contributed by atoms with Crippen molar-refractivity contribution in [1.29, 1.82) is 0 Å². The third-order valence-electron chi connectivity index (χ3n) is 5.70. The lowest BCUT2D eigenvalue weighted by molar-refractivity contribution is 0.0137. The van der Waals surface area contributed by atoms with Crippen LogP contribution in [0.4, 0.5) is 4.79 Å². The largest absolute Gasteiger partial charge is 0.474 e. The molecule has 4 rings (SSSR count). The SMILES string of the molecule is CC(C)(C)OC(=O)N1CCN2C(NCc3ccc(OC4CCCC4)nc3)=NCC2C1. The van der Waals surface area contributed by atoms with Crippen molar-refractivity contribution >= 4 is 12.1 Å². The number of hydrogen-bond donors (Lipinski definition) is 1. The molecular weight excluding hydrogens is 382 g/mol. The number of aliphatic imine (C=N–C) groups is 1. The highest BCUT2D eigenvalue weighted by atomic mass is 16.6. The Hall–Kier alpha value is -2.51. The first-order chi connectivity index (χ1) is 14.4. The van der Waals surface area contributed by atoms with Gasteiger partial charge in [0.2, 0.25) is 5.88 Å². The number of nitrogens with zero attached hydrogens (tertiary/aromatic N) is 4. The van der Waals surface area contributed by atoms with Crippen molar-refractivity contribution in [3.8, 4) is 5.88 Å². The molecule has 1 aromatic heterocycles. The molecule has 0 aromatic carbocycles. The Morgan fingerprint density at radius 1 is 1.23 bits per heavy atom. The summed E-state index contributed by atoms with van der Waals surface area (Å²) < 4.78 is 11.4. The van der Waals surface area contributed by atoms with Crippen LogP contribution in [0.25, 0.3) is 0 Å². The first-order valence-electron chi connectivity index (χ1n) is 11.0. The van der Waals surface area contributed by atoms with Gasteiger partial charge in [-0.05, 0) is 52.0 Å². The maximum absolute atomic E-state index is 12.3. The smallest absolute Gasteiger partial charge is 0.410 e. The van der Waals surface area contributed by atoms with Crippen molar-refractivity contribution in [2.45, 2.75) is 70.7 Å². The van der Waals surface area contributed by atoms with Gasteiger partial charge in [0, 0.05) is 38.4 Å². The lowest BCUT2D eigenvalue weighted by atomic mass is 10.2. The van der Waals surface area contributed by atoms with E-state index in [0.29, 0.717) is 38.2 Å². The van der Waals surface area contributed by atoms with Gasteiger partial charge in [-0.25, -0.2) is 9.78 Å². The lowest BCUT2D eigenvalue weighted by Gasteiger charge is -2.39. The summed E-state index contributed by atoms with van der Waals surface area (Å²) in [5.74, 6) is 1.61. The molecule has 0 bridgehead atoms. The number of rotatable bonds is 4. The minimum Gasteiger partial charge on any atom is -0.474 e. The summed E-state index contributed by atoms with van der Waals surface area (Å²) in [7, 11) is 0. The van der Waals surface area contributed by atoms with Gasteiger partial charge in [0.05, 0.1) is 12.6 Å². The fraction of sp³-hybridized carbons (Fsp3) is 0.682. The second-order valence-corrected chi connectivity index (χ2v) is 9.32. The van der Waals surface area contributed by atoms with E-state index in [1.165, 1.54) is 12.8 Å². The van der Waals surface area contributed by atoms with E-state index >= 15 is 0 Å². The number of nitrogens with one attached hydrogen (secondary N) is 1. The maximum atomic E-state index is 12.3. The van der Waals surface area contributed by atoms with Gasteiger partial charge in [0.25, 0.3) is 0 Å². The summed E-state index contributed by atoms with van der Waals surface area (Å²) in [6.07, 6.45) is 6.72. The number of pyridine rings is 1. The fourth-order valence-electron chi connectivity index (χ4n) is 4.17. The number of ether oxygens (including phenoxy) is 2. The predicted octanol–water partition coefficient (Wildman–Crippen LogP) is 2.78. The van der Waals surface area contributed by atoms with Gasteiger partial charge in [-0.1, -0.05) is 6.07 Å². The Bertz CT molecular complexity index is 768. The van der Waals surface area contributed by atoms with Gasteiger partial charge >= 0.3 is 6.09 Å². The van der Waals surface area contributed by atoms with Crippen LogP contribution < -0.4 is 10.1 Å². The van der Waals surface area contributed by atoms with Crippen molar-refractivity contribution < 1.29 is 14.3 Å². The summed E-state index contributed by atoms with van der Waals surface area (Å²) in [4.78, 5) is 25.5. The van der Waals surface area contributed by atoms with Crippen molar-refractivity contribution in [2.75, 3.05) is 26.2 Å². The highest BCUT2D eigenvalue weighted by Gasteiger charge is 2.36. The molecule has 2 fully saturated rings. The highest BCUT2D eigenvalue weighted by Crippen LogP contribution is 2.23. The molecule has 1 saturated carbocycles. The fourth-order valence-corrected chi connectivity index (χ4v) is 4.17. The van der Waals surface area contributed by atoms with E-state index in [2.05, 4.69) is 26.3 Å². The Morgan fingerprint density at radius 3 is 2.73 bits per heavy atom. The van der Waals surface area contributed by atoms with Crippen LogP contribution in [0.2, 0.25) is 0 Å². The van der Waals surface area contributed by atoms with Gasteiger partial charge in [0.15, 0.2) is 5.96 Å². The average Bonchev–Trinajstić information content (AvgIpc) is 3.35. The molecule has 0 spiro atoms. The van der Waals surface area contributed by atoms with E-state index in [0.717, 1.165) is 30.9 Å². The average molecular weight is 416 g/mol. The van der Waals surface area contributed by atoms with E-state index in [-0.39, 0.29) is 12.1 Å². The van der Waals surface area contributed by atoms with Crippen LogP contribution in [0.1, 0.15) is 52.0 Å². The van der Waals surface area contributed by atoms with Crippen molar-refractivity contribution in [3.05, 3.63) is 23.9 Å². The molecular formula is C22H33N5O3. The number of hydrogen-bond acceptors (Lipinski definition) is 7. The molecule has 1 amide bonds. The first-order valence-corrected chi connectivity index (χ1v) is 11.0. The summed E-state index contributed by atoms with van der Waals surface area (Å²) in [5.41, 5.74) is 0.617. The molecule has 3 aliphatic rings. The molecule has 3 heterocycles. The second kappa shape index (κ2) is 8.70. The quantitative estimate of drug-likeness (QED) is 0.815. The first kappa shape index (κ1) is 20.8. The van der Waals surface area contributed by atoms with Gasteiger partial charge in [-0.15, -0.1) is 0 Å². The molecule has 1 aromatic rings. The van der Waals surface area contributed by atoms with Crippen LogP contribution in [0.15, 0.2) is 23.3 Å². The van der Waals surface area contributed by atoms with Crippen LogP contribution in [0.3, 0.4) is 0 Å². The predicted molar refractivity (Wildman–Crippen MR) is 115 cm³/mol. The lowest BCUT2D eigenvalue weighted by Crippen LogP contribution is -2.57. The topological polar surface area (TPSA) is 79.3 Å². The molecule has 1 unspecified atom stereocenters. The summed E-state index contributed by atoms with van der Waals surface area (Å²) in [5, 5.41) is 3.43. The zero-order chi connectivity index (χ0) is 21.1. The number of carbonyl (C=O) groups excluding carboxylic acids is 1. The zero-order valence-electron chi connectivity index (χ0n) is 18.3. The number of fused-ring (bicyclic) bond motifs is 1. The van der Waals surface area contributed by atoms with E-state index < -0.39 is 5.60 Å². The zero-order valence-corrected chi connectivity index (χ0v) is 18.3. The van der Waals surface area contributed by atoms with Crippen LogP contribution in [0, 0.1) is 0 Å². The van der Waals surface area contributed by atoms with E-state index in [1.54, 1.807) is 4.90 Å². The Balaban J connectivity index is 1.24. The number of guanidine groups is 1. The number of amides is 1. The number of piperazine rings is 1. The molecule has 1 atom stereocenters. The third kappa shape index (κ3) is 5.15. The van der Waals surface area contributed by atoms with Gasteiger partial charge in [0.1, 0.15) is 11.7 Å². The van der Waals surface area contributed by atoms with Crippen molar-refractivity contribution in [3.63, 3.8) is 0 Å². The molecule has 30 heavy (non-hydrogen) atoms. The summed E-state index contributed by atoms with van der Waals surface area (Å²) >= 11 is 0. The highest BCUT2D eigenvalue weighted by molar-refractivity contribution is 5.82. The molecule has 1 aliphatic carbocycles. The molecule has 2 aliphatic heterocycles. The summed E-state index contributed by atoms with van der Waals surface area (Å²) in [6.45, 7) is 9.06. The summed E-state index contributed by atoms with van der Waals surface area (Å²) in [6, 6.07) is 4.21. The van der Waals surface area contributed by atoms with Crippen LogP contribution in [-0.2, 0) is 11.3 Å². The molecule has 0 radical (unpaired) electrons. The Labute approximate surface area is 178 Å².